The number of ether oxygens (including phenoxy) is 1. The molecule has 8 heteroatoms. The Morgan fingerprint density at radius 1 is 1.06 bits per heavy atom. The normalized spacial score (nSPS) is 10.5. The molecule has 3 rings (SSSR count). The number of aromatic nitrogens is 2. The van der Waals surface area contributed by atoms with Crippen LogP contribution in [0.25, 0.3) is 10.9 Å². The molecule has 0 atom stereocenters. The zero-order valence-corrected chi connectivity index (χ0v) is 18.4. The SMILES string of the molecule is Cc1cc(OCCCCn2cnc3ccccc3c2=O)ccc1C(C)C.O=C(O)C(=O)O. The number of fused-ring (bicyclic) bond motifs is 1. The van der Waals surface area contributed by atoms with Crippen molar-refractivity contribution in [2.75, 3.05) is 6.61 Å². The van der Waals surface area contributed by atoms with Crippen molar-refractivity contribution >= 4 is 22.8 Å². The molecule has 0 radical (unpaired) electrons. The van der Waals surface area contributed by atoms with Gasteiger partial charge >= 0.3 is 11.9 Å². The van der Waals surface area contributed by atoms with E-state index in [2.05, 4.69) is 37.9 Å². The third kappa shape index (κ3) is 6.94. The lowest BCUT2D eigenvalue weighted by molar-refractivity contribution is -0.159. The quantitative estimate of drug-likeness (QED) is 0.423. The molecule has 0 aliphatic carbocycles. The van der Waals surface area contributed by atoms with Crippen LogP contribution in [-0.4, -0.2) is 38.3 Å². The van der Waals surface area contributed by atoms with Crippen molar-refractivity contribution in [3.63, 3.8) is 0 Å². The molecule has 3 aromatic rings. The number of nitrogens with zero attached hydrogens (tertiary/aromatic N) is 2. The van der Waals surface area contributed by atoms with Crippen LogP contribution in [-0.2, 0) is 16.1 Å². The zero-order valence-electron chi connectivity index (χ0n) is 18.4. The van der Waals surface area contributed by atoms with E-state index in [4.69, 9.17) is 24.5 Å². The number of aliphatic carboxylic acids is 2. The van der Waals surface area contributed by atoms with Crippen molar-refractivity contribution in [3.8, 4) is 5.75 Å². The molecule has 32 heavy (non-hydrogen) atoms. The number of carboxylic acids is 2. The average molecular weight is 440 g/mol. The fourth-order valence-corrected chi connectivity index (χ4v) is 3.23. The van der Waals surface area contributed by atoms with Gasteiger partial charge in [-0.25, -0.2) is 14.6 Å². The maximum atomic E-state index is 12.4. The van der Waals surface area contributed by atoms with Gasteiger partial charge in [-0.2, -0.15) is 0 Å². The highest BCUT2D eigenvalue weighted by molar-refractivity contribution is 6.27. The molecule has 8 nitrogen and oxygen atoms in total. The Bertz CT molecular complexity index is 1120. The topological polar surface area (TPSA) is 119 Å². The summed E-state index contributed by atoms with van der Waals surface area (Å²) >= 11 is 0. The van der Waals surface area contributed by atoms with E-state index in [-0.39, 0.29) is 5.56 Å². The third-order valence-electron chi connectivity index (χ3n) is 4.84. The molecule has 170 valence electrons. The summed E-state index contributed by atoms with van der Waals surface area (Å²) in [5, 5.41) is 15.5. The lowest BCUT2D eigenvalue weighted by Gasteiger charge is -2.12. The highest BCUT2D eigenvalue weighted by atomic mass is 16.5. The van der Waals surface area contributed by atoms with E-state index < -0.39 is 11.9 Å². The van der Waals surface area contributed by atoms with E-state index >= 15 is 0 Å². The number of carboxylic acid groups (broad SMARTS) is 2. The fourth-order valence-electron chi connectivity index (χ4n) is 3.23. The summed E-state index contributed by atoms with van der Waals surface area (Å²) in [6.07, 6.45) is 3.41. The molecular formula is C24H28N2O6. The largest absolute Gasteiger partial charge is 0.494 e. The first kappa shape index (κ1) is 24.6. The van der Waals surface area contributed by atoms with Crippen molar-refractivity contribution in [1.82, 2.24) is 9.55 Å². The van der Waals surface area contributed by atoms with Gasteiger partial charge in [-0.05, 0) is 61.1 Å². The van der Waals surface area contributed by atoms with Crippen molar-refractivity contribution in [2.24, 2.45) is 0 Å². The van der Waals surface area contributed by atoms with E-state index in [9.17, 15) is 4.79 Å². The van der Waals surface area contributed by atoms with Crippen LogP contribution in [0.15, 0.2) is 53.6 Å². The Morgan fingerprint density at radius 3 is 2.38 bits per heavy atom. The van der Waals surface area contributed by atoms with Crippen molar-refractivity contribution in [1.29, 1.82) is 0 Å². The summed E-state index contributed by atoms with van der Waals surface area (Å²) in [4.78, 5) is 35.0. The minimum atomic E-state index is -1.82. The van der Waals surface area contributed by atoms with Gasteiger partial charge in [0.25, 0.3) is 5.56 Å². The predicted octanol–water partition coefficient (Wildman–Crippen LogP) is 3.84. The molecule has 0 saturated carbocycles. The van der Waals surface area contributed by atoms with Crippen LogP contribution in [0.5, 0.6) is 5.75 Å². The molecule has 0 spiro atoms. The zero-order chi connectivity index (χ0) is 23.7. The molecule has 1 heterocycles. The van der Waals surface area contributed by atoms with Gasteiger partial charge in [0.15, 0.2) is 0 Å². The number of carbonyl (C=O) groups is 2. The molecule has 0 fully saturated rings. The molecular weight excluding hydrogens is 412 g/mol. The maximum absolute atomic E-state index is 12.4. The lowest BCUT2D eigenvalue weighted by Crippen LogP contribution is -2.20. The number of unbranched alkanes of at least 4 members (excludes halogenated alkanes) is 1. The fraction of sp³-hybridized carbons (Fsp3) is 0.333. The summed E-state index contributed by atoms with van der Waals surface area (Å²) in [6.45, 7) is 7.84. The van der Waals surface area contributed by atoms with Gasteiger partial charge < -0.3 is 14.9 Å². The molecule has 0 saturated heterocycles. The van der Waals surface area contributed by atoms with Crippen LogP contribution in [0.1, 0.15) is 43.7 Å². The van der Waals surface area contributed by atoms with E-state index in [1.54, 1.807) is 10.9 Å². The summed E-state index contributed by atoms with van der Waals surface area (Å²) in [7, 11) is 0. The Balaban J connectivity index is 0.000000534. The molecule has 0 aliphatic heterocycles. The first-order valence-corrected chi connectivity index (χ1v) is 10.3. The summed E-state index contributed by atoms with van der Waals surface area (Å²) in [5.41, 5.74) is 3.40. The van der Waals surface area contributed by atoms with Gasteiger partial charge in [0.2, 0.25) is 0 Å². The van der Waals surface area contributed by atoms with Crippen LogP contribution in [0.3, 0.4) is 0 Å². The molecule has 1 aromatic heterocycles. The number of hydrogen-bond donors (Lipinski definition) is 2. The Kier molecular flexibility index (Phi) is 8.95. The first-order chi connectivity index (χ1) is 15.2. The van der Waals surface area contributed by atoms with Crippen LogP contribution < -0.4 is 10.3 Å². The minimum absolute atomic E-state index is 0.0245. The molecule has 0 aliphatic rings. The average Bonchev–Trinajstić information content (AvgIpc) is 2.75. The smallest absolute Gasteiger partial charge is 0.414 e. The van der Waals surface area contributed by atoms with Gasteiger partial charge in [-0.3, -0.25) is 9.36 Å². The van der Waals surface area contributed by atoms with Gasteiger partial charge in [-0.15, -0.1) is 0 Å². The highest BCUT2D eigenvalue weighted by Crippen LogP contribution is 2.23. The van der Waals surface area contributed by atoms with Crippen LogP contribution >= 0.6 is 0 Å². The number of benzene rings is 2. The maximum Gasteiger partial charge on any atom is 0.414 e. The number of hydrogen-bond acceptors (Lipinski definition) is 5. The second-order valence-corrected chi connectivity index (χ2v) is 7.60. The Labute approximate surface area is 186 Å². The van der Waals surface area contributed by atoms with E-state index in [0.717, 1.165) is 24.1 Å². The first-order valence-electron chi connectivity index (χ1n) is 10.3. The second kappa shape index (κ2) is 11.6. The van der Waals surface area contributed by atoms with Crippen LogP contribution in [0, 0.1) is 6.92 Å². The third-order valence-corrected chi connectivity index (χ3v) is 4.84. The Morgan fingerprint density at radius 2 is 1.75 bits per heavy atom. The molecule has 2 N–H and O–H groups in total. The molecule has 0 unspecified atom stereocenters. The van der Waals surface area contributed by atoms with E-state index in [0.29, 0.717) is 24.5 Å². The second-order valence-electron chi connectivity index (χ2n) is 7.60. The van der Waals surface area contributed by atoms with E-state index in [1.807, 2.05) is 30.3 Å². The van der Waals surface area contributed by atoms with E-state index in [1.165, 1.54) is 11.1 Å². The summed E-state index contributed by atoms with van der Waals surface area (Å²) in [5.74, 6) is -2.21. The highest BCUT2D eigenvalue weighted by Gasteiger charge is 2.06. The van der Waals surface area contributed by atoms with Crippen molar-refractivity contribution in [3.05, 3.63) is 70.3 Å². The monoisotopic (exact) mass is 440 g/mol. The van der Waals surface area contributed by atoms with Crippen molar-refractivity contribution < 1.29 is 24.5 Å². The van der Waals surface area contributed by atoms with Gasteiger partial charge in [0, 0.05) is 6.54 Å². The molecule has 0 amide bonds. The minimum Gasteiger partial charge on any atom is -0.494 e. The van der Waals surface area contributed by atoms with Crippen molar-refractivity contribution in [2.45, 2.75) is 46.1 Å². The van der Waals surface area contributed by atoms with Crippen LogP contribution in [0.2, 0.25) is 0 Å². The standard InChI is InChI=1S/C22H26N2O2.C2H2O4/c1-16(2)19-11-10-18(14-17(19)3)26-13-7-6-12-24-15-23-21-9-5-4-8-20(21)22(24)25;3-1(4)2(5)6/h4-5,8-11,14-16H,6-7,12-13H2,1-3H3;(H,3,4)(H,5,6). The summed E-state index contributed by atoms with van der Waals surface area (Å²) in [6, 6.07) is 13.7. The molecule has 0 bridgehead atoms. The summed E-state index contributed by atoms with van der Waals surface area (Å²) < 4.78 is 7.54. The number of aryl methyl sites for hydroxylation is 2. The van der Waals surface area contributed by atoms with Crippen LogP contribution in [0.4, 0.5) is 0 Å². The Hall–Kier alpha value is -3.68. The van der Waals surface area contributed by atoms with Gasteiger partial charge in [-0.1, -0.05) is 32.0 Å². The number of para-hydroxylation sites is 1. The van der Waals surface area contributed by atoms with Gasteiger partial charge in [0.1, 0.15) is 5.75 Å². The lowest BCUT2D eigenvalue weighted by atomic mass is 9.98. The van der Waals surface area contributed by atoms with Gasteiger partial charge in [0.05, 0.1) is 23.8 Å². The number of rotatable bonds is 7. The predicted molar refractivity (Wildman–Crippen MR) is 121 cm³/mol. The molecule has 2 aromatic carbocycles.